The molecule has 1 atom stereocenters. The molecule has 0 radical (unpaired) electrons. The van der Waals surface area contributed by atoms with Gasteiger partial charge >= 0.3 is 0 Å². The zero-order valence-electron chi connectivity index (χ0n) is 11.7. The standard InChI is InChI=1S/C16H18ClFN2/c1-3-19-16(15-8-11(2)6-7-20-15)9-12-4-5-13(17)10-14(12)18/h4-8,10,16,19H,3,9H2,1-2H3. The van der Waals surface area contributed by atoms with Gasteiger partial charge in [-0.2, -0.15) is 0 Å². The summed E-state index contributed by atoms with van der Waals surface area (Å²) in [6.07, 6.45) is 2.33. The van der Waals surface area contributed by atoms with Crippen molar-refractivity contribution in [3.05, 3.63) is 64.2 Å². The molecule has 0 amide bonds. The van der Waals surface area contributed by atoms with Crippen molar-refractivity contribution >= 4 is 11.6 Å². The molecule has 1 N–H and O–H groups in total. The topological polar surface area (TPSA) is 24.9 Å². The molecule has 1 heterocycles. The fourth-order valence-corrected chi connectivity index (χ4v) is 2.34. The summed E-state index contributed by atoms with van der Waals surface area (Å²) in [4.78, 5) is 4.39. The SMILES string of the molecule is CCNC(Cc1ccc(Cl)cc1F)c1cc(C)ccn1. The van der Waals surface area contributed by atoms with Gasteiger partial charge < -0.3 is 5.32 Å². The van der Waals surface area contributed by atoms with E-state index in [2.05, 4.69) is 10.3 Å². The van der Waals surface area contributed by atoms with Crippen molar-refractivity contribution in [1.82, 2.24) is 10.3 Å². The van der Waals surface area contributed by atoms with Gasteiger partial charge in [-0.15, -0.1) is 0 Å². The minimum Gasteiger partial charge on any atom is -0.309 e. The van der Waals surface area contributed by atoms with Crippen LogP contribution in [0.2, 0.25) is 5.02 Å². The molecule has 0 saturated carbocycles. The Balaban J connectivity index is 2.25. The first-order chi connectivity index (χ1) is 9.60. The maximum Gasteiger partial charge on any atom is 0.127 e. The zero-order chi connectivity index (χ0) is 14.5. The van der Waals surface area contributed by atoms with Crippen LogP contribution in [-0.4, -0.2) is 11.5 Å². The summed E-state index contributed by atoms with van der Waals surface area (Å²) in [7, 11) is 0. The maximum atomic E-state index is 13.9. The van der Waals surface area contributed by atoms with Crippen molar-refractivity contribution in [3.63, 3.8) is 0 Å². The molecule has 1 aromatic carbocycles. The molecular weight excluding hydrogens is 275 g/mol. The van der Waals surface area contributed by atoms with E-state index in [4.69, 9.17) is 11.6 Å². The number of hydrogen-bond acceptors (Lipinski definition) is 2. The van der Waals surface area contributed by atoms with E-state index >= 15 is 0 Å². The zero-order valence-corrected chi connectivity index (χ0v) is 12.4. The molecule has 0 aliphatic heterocycles. The summed E-state index contributed by atoms with van der Waals surface area (Å²) in [5.74, 6) is -0.270. The molecule has 1 unspecified atom stereocenters. The first-order valence-corrected chi connectivity index (χ1v) is 7.07. The van der Waals surface area contributed by atoms with Crippen molar-refractivity contribution in [2.45, 2.75) is 26.3 Å². The van der Waals surface area contributed by atoms with Gasteiger partial charge in [0.05, 0.1) is 11.7 Å². The number of halogens is 2. The van der Waals surface area contributed by atoms with E-state index < -0.39 is 0 Å². The molecule has 106 valence electrons. The predicted molar refractivity (Wildman–Crippen MR) is 80.5 cm³/mol. The molecule has 0 bridgehead atoms. The normalized spacial score (nSPS) is 12.4. The van der Waals surface area contributed by atoms with E-state index in [1.165, 1.54) is 6.07 Å². The second kappa shape index (κ2) is 6.82. The third-order valence-corrected chi connectivity index (χ3v) is 3.42. The first kappa shape index (κ1) is 14.9. The number of pyridine rings is 1. The van der Waals surface area contributed by atoms with E-state index in [-0.39, 0.29) is 11.9 Å². The van der Waals surface area contributed by atoms with Crippen molar-refractivity contribution in [2.24, 2.45) is 0 Å². The number of aromatic nitrogens is 1. The minimum absolute atomic E-state index is 0.00410. The summed E-state index contributed by atoms with van der Waals surface area (Å²) in [6.45, 7) is 4.85. The monoisotopic (exact) mass is 292 g/mol. The third kappa shape index (κ3) is 3.78. The van der Waals surface area contributed by atoms with Crippen LogP contribution in [0.5, 0.6) is 0 Å². The second-order valence-corrected chi connectivity index (χ2v) is 5.24. The minimum atomic E-state index is -0.270. The van der Waals surface area contributed by atoms with Gasteiger partial charge in [0.15, 0.2) is 0 Å². The molecular formula is C16H18ClFN2. The van der Waals surface area contributed by atoms with Gasteiger partial charge in [-0.25, -0.2) is 4.39 Å². The lowest BCUT2D eigenvalue weighted by atomic mass is 10.0. The fraction of sp³-hybridized carbons (Fsp3) is 0.312. The molecule has 0 aliphatic carbocycles. The Morgan fingerprint density at radius 2 is 2.10 bits per heavy atom. The Morgan fingerprint density at radius 3 is 2.75 bits per heavy atom. The van der Waals surface area contributed by atoms with Crippen LogP contribution >= 0.6 is 11.6 Å². The molecule has 1 aromatic heterocycles. The Bertz CT molecular complexity index is 586. The van der Waals surface area contributed by atoms with Crippen LogP contribution in [0.1, 0.15) is 29.8 Å². The van der Waals surface area contributed by atoms with Crippen LogP contribution in [0.4, 0.5) is 4.39 Å². The third-order valence-electron chi connectivity index (χ3n) is 3.18. The van der Waals surface area contributed by atoms with Gasteiger partial charge in [-0.1, -0.05) is 24.6 Å². The fourth-order valence-electron chi connectivity index (χ4n) is 2.18. The molecule has 0 aliphatic rings. The average Bonchev–Trinajstić information content (AvgIpc) is 2.41. The van der Waals surface area contributed by atoms with Crippen LogP contribution in [0.15, 0.2) is 36.5 Å². The Hall–Kier alpha value is -1.45. The van der Waals surface area contributed by atoms with E-state index in [9.17, 15) is 4.39 Å². The van der Waals surface area contributed by atoms with Gasteiger partial charge in [0.2, 0.25) is 0 Å². The second-order valence-electron chi connectivity index (χ2n) is 4.81. The highest BCUT2D eigenvalue weighted by atomic mass is 35.5. The van der Waals surface area contributed by atoms with Crippen LogP contribution < -0.4 is 5.32 Å². The maximum absolute atomic E-state index is 13.9. The van der Waals surface area contributed by atoms with Gasteiger partial charge in [0.1, 0.15) is 5.82 Å². The summed E-state index contributed by atoms with van der Waals surface area (Å²) >= 11 is 5.78. The average molecular weight is 293 g/mol. The smallest absolute Gasteiger partial charge is 0.127 e. The molecule has 20 heavy (non-hydrogen) atoms. The van der Waals surface area contributed by atoms with E-state index in [0.717, 1.165) is 17.8 Å². The van der Waals surface area contributed by atoms with Crippen molar-refractivity contribution in [2.75, 3.05) is 6.54 Å². The molecule has 0 fully saturated rings. The lowest BCUT2D eigenvalue weighted by Crippen LogP contribution is -2.24. The summed E-state index contributed by atoms with van der Waals surface area (Å²) in [6, 6.07) is 8.78. The Morgan fingerprint density at radius 1 is 1.30 bits per heavy atom. The van der Waals surface area contributed by atoms with E-state index in [1.807, 2.05) is 26.0 Å². The summed E-state index contributed by atoms with van der Waals surface area (Å²) in [5, 5.41) is 3.77. The Kier molecular flexibility index (Phi) is 5.10. The van der Waals surface area contributed by atoms with Gasteiger partial charge in [0.25, 0.3) is 0 Å². The highest BCUT2D eigenvalue weighted by Crippen LogP contribution is 2.21. The lowest BCUT2D eigenvalue weighted by molar-refractivity contribution is 0.517. The molecule has 2 rings (SSSR count). The first-order valence-electron chi connectivity index (χ1n) is 6.70. The highest BCUT2D eigenvalue weighted by molar-refractivity contribution is 6.30. The number of benzene rings is 1. The number of likely N-dealkylation sites (N-methyl/N-ethyl adjacent to an activating group) is 1. The number of nitrogens with one attached hydrogen (secondary N) is 1. The quantitative estimate of drug-likeness (QED) is 0.898. The molecule has 4 heteroatoms. The number of hydrogen-bond donors (Lipinski definition) is 1. The summed E-state index contributed by atoms with van der Waals surface area (Å²) < 4.78 is 13.9. The largest absolute Gasteiger partial charge is 0.309 e. The number of nitrogens with zero attached hydrogens (tertiary/aromatic N) is 1. The van der Waals surface area contributed by atoms with Crippen LogP contribution in [0, 0.1) is 12.7 Å². The van der Waals surface area contributed by atoms with Crippen LogP contribution in [-0.2, 0) is 6.42 Å². The lowest BCUT2D eigenvalue weighted by Gasteiger charge is -2.18. The molecule has 2 nitrogen and oxygen atoms in total. The Labute approximate surface area is 124 Å². The van der Waals surface area contributed by atoms with Crippen molar-refractivity contribution in [3.8, 4) is 0 Å². The van der Waals surface area contributed by atoms with E-state index in [1.54, 1.807) is 18.3 Å². The van der Waals surface area contributed by atoms with E-state index in [0.29, 0.717) is 17.0 Å². The molecule has 2 aromatic rings. The molecule has 0 saturated heterocycles. The number of rotatable bonds is 5. The summed E-state index contributed by atoms with van der Waals surface area (Å²) in [5.41, 5.74) is 2.72. The van der Waals surface area contributed by atoms with Gasteiger partial charge in [-0.05, 0) is 55.3 Å². The van der Waals surface area contributed by atoms with Gasteiger partial charge in [-0.3, -0.25) is 4.98 Å². The predicted octanol–water partition coefficient (Wildman–Crippen LogP) is 4.08. The van der Waals surface area contributed by atoms with Crippen molar-refractivity contribution < 1.29 is 4.39 Å². The van der Waals surface area contributed by atoms with Crippen molar-refractivity contribution in [1.29, 1.82) is 0 Å². The van der Waals surface area contributed by atoms with Gasteiger partial charge in [0, 0.05) is 11.2 Å². The van der Waals surface area contributed by atoms with Crippen LogP contribution in [0.25, 0.3) is 0 Å². The molecule has 0 spiro atoms. The number of aryl methyl sites for hydroxylation is 1. The highest BCUT2D eigenvalue weighted by Gasteiger charge is 2.15. The van der Waals surface area contributed by atoms with Crippen LogP contribution in [0.3, 0.4) is 0 Å².